The van der Waals surface area contributed by atoms with Gasteiger partial charge in [-0.2, -0.15) is 0 Å². The lowest BCUT2D eigenvalue weighted by molar-refractivity contribution is 0.311. The van der Waals surface area contributed by atoms with Crippen molar-refractivity contribution in [2.75, 3.05) is 6.61 Å². The molecule has 1 heterocycles. The molecule has 0 aliphatic carbocycles. The summed E-state index contributed by atoms with van der Waals surface area (Å²) in [6.07, 6.45) is 7.58. The largest absolute Gasteiger partial charge is 0.476 e. The Morgan fingerprint density at radius 1 is 1.13 bits per heavy atom. The van der Waals surface area contributed by atoms with Crippen LogP contribution in [0.25, 0.3) is 0 Å². The summed E-state index contributed by atoms with van der Waals surface area (Å²) in [4.78, 5) is 4.73. The normalized spacial score (nSPS) is 17.4. The van der Waals surface area contributed by atoms with Gasteiger partial charge in [0.15, 0.2) is 0 Å². The van der Waals surface area contributed by atoms with E-state index in [1.165, 1.54) is 34.6 Å². The average Bonchev–Trinajstić information content (AvgIpc) is 3.20. The molecule has 2 atom stereocenters. The third-order valence-corrected chi connectivity index (χ3v) is 8.39. The van der Waals surface area contributed by atoms with Crippen LogP contribution in [0.5, 0.6) is 0 Å². The average molecular weight is 434 g/mol. The van der Waals surface area contributed by atoms with Crippen molar-refractivity contribution < 1.29 is 4.74 Å². The molecule has 0 fully saturated rings. The van der Waals surface area contributed by atoms with Gasteiger partial charge >= 0.3 is 0 Å². The Labute approximate surface area is 189 Å². The molecule has 0 aromatic heterocycles. The second-order valence-corrected chi connectivity index (χ2v) is 11.2. The summed E-state index contributed by atoms with van der Waals surface area (Å²) >= 11 is 0. The lowest BCUT2D eigenvalue weighted by atomic mass is 10.0. The summed E-state index contributed by atoms with van der Waals surface area (Å²) in [7, 11) is -0.423. The fourth-order valence-electron chi connectivity index (χ4n) is 4.18. The Morgan fingerprint density at radius 2 is 1.74 bits per heavy atom. The highest BCUT2D eigenvalue weighted by molar-refractivity contribution is 7.73. The number of nitrogens with zero attached hydrogens (tertiary/aromatic N) is 1. The highest BCUT2D eigenvalue weighted by atomic mass is 31.1. The van der Waals surface area contributed by atoms with Gasteiger partial charge in [-0.3, -0.25) is 0 Å². The summed E-state index contributed by atoms with van der Waals surface area (Å²) in [6.45, 7) is 11.9. The van der Waals surface area contributed by atoms with E-state index in [-0.39, 0.29) is 0 Å². The number of aliphatic imine (C=N–C) groups is 1. The van der Waals surface area contributed by atoms with E-state index in [1.54, 1.807) is 0 Å². The SMILES string of the molecule is C=C(C/C(C)=C\C1=N[C@H](CCCC)CO1)C[C@H](C)P(c1ccccc1)c1ccccc1. The van der Waals surface area contributed by atoms with Crippen LogP contribution in [0.4, 0.5) is 0 Å². The van der Waals surface area contributed by atoms with E-state index in [0.717, 1.165) is 31.8 Å². The monoisotopic (exact) mass is 433 g/mol. The van der Waals surface area contributed by atoms with Gasteiger partial charge in [0.2, 0.25) is 5.90 Å². The molecule has 0 bridgehead atoms. The zero-order valence-electron chi connectivity index (χ0n) is 19.3. The minimum Gasteiger partial charge on any atom is -0.476 e. The zero-order chi connectivity index (χ0) is 22.1. The van der Waals surface area contributed by atoms with Crippen molar-refractivity contribution in [1.29, 1.82) is 0 Å². The van der Waals surface area contributed by atoms with E-state index in [2.05, 4.69) is 94.1 Å². The summed E-state index contributed by atoms with van der Waals surface area (Å²) in [6, 6.07) is 22.2. The predicted octanol–water partition coefficient (Wildman–Crippen LogP) is 6.78. The van der Waals surface area contributed by atoms with Crippen LogP contribution in [-0.2, 0) is 4.74 Å². The van der Waals surface area contributed by atoms with Crippen LogP contribution in [-0.4, -0.2) is 24.2 Å². The molecule has 1 aliphatic heterocycles. The van der Waals surface area contributed by atoms with Gasteiger partial charge < -0.3 is 4.74 Å². The first-order valence-corrected chi connectivity index (χ1v) is 12.9. The maximum Gasteiger partial charge on any atom is 0.208 e. The van der Waals surface area contributed by atoms with Gasteiger partial charge in [0, 0.05) is 0 Å². The molecule has 0 spiro atoms. The summed E-state index contributed by atoms with van der Waals surface area (Å²) in [5, 5.41) is 2.87. The number of unbranched alkanes of at least 4 members (excludes halogenated alkanes) is 1. The fraction of sp³-hybridized carbons (Fsp3) is 0.393. The Bertz CT molecular complexity index is 848. The number of benzene rings is 2. The number of rotatable bonds is 11. The summed E-state index contributed by atoms with van der Waals surface area (Å²) < 4.78 is 5.80. The van der Waals surface area contributed by atoms with Gasteiger partial charge in [-0.1, -0.05) is 105 Å². The van der Waals surface area contributed by atoms with Crippen molar-refractivity contribution in [2.45, 2.75) is 64.6 Å². The standard InChI is InChI=1S/C28H36NOP/c1-5-6-13-25-21-30-28(29-25)20-23(3)18-22(2)19-24(4)31(26-14-9-7-10-15-26)27-16-11-8-12-17-27/h7-12,14-17,20,24-25H,2,5-6,13,18-19,21H2,1,3-4H3/b23-20-/t24-,25+/m0/s1. The van der Waals surface area contributed by atoms with E-state index < -0.39 is 7.92 Å². The summed E-state index contributed by atoms with van der Waals surface area (Å²) in [5.41, 5.74) is 3.08. The maximum absolute atomic E-state index is 5.80. The van der Waals surface area contributed by atoms with Gasteiger partial charge in [0.25, 0.3) is 0 Å². The molecule has 164 valence electrons. The molecular formula is C28H36NOP. The molecule has 0 saturated carbocycles. The van der Waals surface area contributed by atoms with Crippen molar-refractivity contribution in [3.8, 4) is 0 Å². The van der Waals surface area contributed by atoms with Crippen LogP contribution >= 0.6 is 7.92 Å². The van der Waals surface area contributed by atoms with Crippen LogP contribution < -0.4 is 10.6 Å². The second-order valence-electron chi connectivity index (χ2n) is 8.59. The minimum atomic E-state index is -0.423. The van der Waals surface area contributed by atoms with E-state index in [0.29, 0.717) is 11.7 Å². The Morgan fingerprint density at radius 3 is 2.32 bits per heavy atom. The predicted molar refractivity (Wildman–Crippen MR) is 137 cm³/mol. The molecule has 0 unspecified atom stereocenters. The fourth-order valence-corrected chi connectivity index (χ4v) is 6.92. The quantitative estimate of drug-likeness (QED) is 0.283. The minimum absolute atomic E-state index is 0.336. The molecule has 3 heteroatoms. The molecule has 0 radical (unpaired) electrons. The third-order valence-electron chi connectivity index (χ3n) is 5.62. The molecule has 3 rings (SSSR count). The highest BCUT2D eigenvalue weighted by Gasteiger charge is 2.22. The molecule has 2 nitrogen and oxygen atoms in total. The Kier molecular flexibility index (Phi) is 9.10. The maximum atomic E-state index is 5.80. The first-order valence-electron chi connectivity index (χ1n) is 11.5. The smallest absolute Gasteiger partial charge is 0.208 e. The van der Waals surface area contributed by atoms with Crippen LogP contribution in [0.15, 0.2) is 89.5 Å². The molecule has 0 N–H and O–H groups in total. The van der Waals surface area contributed by atoms with Crippen molar-refractivity contribution in [1.82, 2.24) is 0 Å². The van der Waals surface area contributed by atoms with Crippen molar-refractivity contribution in [3.63, 3.8) is 0 Å². The van der Waals surface area contributed by atoms with Gasteiger partial charge in [-0.05, 0) is 56.5 Å². The van der Waals surface area contributed by atoms with Crippen LogP contribution in [0.2, 0.25) is 0 Å². The molecule has 2 aromatic rings. The lowest BCUT2D eigenvalue weighted by Crippen LogP contribution is -2.20. The Balaban J connectivity index is 1.63. The van der Waals surface area contributed by atoms with Crippen LogP contribution in [0, 0.1) is 0 Å². The zero-order valence-corrected chi connectivity index (χ0v) is 20.2. The third kappa shape index (κ3) is 7.18. The van der Waals surface area contributed by atoms with Crippen LogP contribution in [0.1, 0.15) is 52.9 Å². The first-order chi connectivity index (χ1) is 15.1. The number of hydrogen-bond acceptors (Lipinski definition) is 2. The van der Waals surface area contributed by atoms with Crippen molar-refractivity contribution >= 4 is 24.4 Å². The first kappa shape index (κ1) is 23.5. The van der Waals surface area contributed by atoms with E-state index in [1.807, 2.05) is 0 Å². The van der Waals surface area contributed by atoms with Crippen molar-refractivity contribution in [3.05, 3.63) is 84.5 Å². The molecule has 0 saturated heterocycles. The summed E-state index contributed by atoms with van der Waals surface area (Å²) in [5.74, 6) is 0.801. The molecular weight excluding hydrogens is 397 g/mol. The van der Waals surface area contributed by atoms with Crippen molar-refractivity contribution in [2.24, 2.45) is 4.99 Å². The molecule has 0 amide bonds. The van der Waals surface area contributed by atoms with Gasteiger partial charge in [-0.25, -0.2) is 4.99 Å². The topological polar surface area (TPSA) is 21.6 Å². The second kappa shape index (κ2) is 12.0. The molecule has 2 aromatic carbocycles. The van der Waals surface area contributed by atoms with E-state index in [9.17, 15) is 0 Å². The number of allylic oxidation sites excluding steroid dienone is 2. The van der Waals surface area contributed by atoms with Gasteiger partial charge in [0.1, 0.15) is 6.61 Å². The molecule has 31 heavy (non-hydrogen) atoms. The lowest BCUT2D eigenvalue weighted by Gasteiger charge is -2.26. The van der Waals surface area contributed by atoms with E-state index in [4.69, 9.17) is 9.73 Å². The highest BCUT2D eigenvalue weighted by Crippen LogP contribution is 2.42. The Hall–Kier alpha value is -2.18. The number of ether oxygens (including phenoxy) is 1. The van der Waals surface area contributed by atoms with Gasteiger partial charge in [0.05, 0.1) is 6.04 Å². The van der Waals surface area contributed by atoms with Crippen LogP contribution in [0.3, 0.4) is 0 Å². The van der Waals surface area contributed by atoms with E-state index >= 15 is 0 Å². The van der Waals surface area contributed by atoms with Gasteiger partial charge in [-0.15, -0.1) is 0 Å². The molecule has 1 aliphatic rings. The number of hydrogen-bond donors (Lipinski definition) is 0.